The topological polar surface area (TPSA) is 102 Å². The van der Waals surface area contributed by atoms with Gasteiger partial charge in [0.15, 0.2) is 11.5 Å². The predicted molar refractivity (Wildman–Crippen MR) is 107 cm³/mol. The standard InChI is InChI=1S/C21H21N3O5/c1-24-12-15(14-4-2-3-5-16(14)24)17(25)11-22-20(26)21(27)23-13-6-7-18-19(10-13)29-9-8-28-18/h2-7,10,12,17,25H,8-9,11H2,1H3,(H,22,26)(H,23,27). The van der Waals surface area contributed by atoms with Crippen LogP contribution in [0.2, 0.25) is 0 Å². The van der Waals surface area contributed by atoms with Crippen LogP contribution in [0.15, 0.2) is 48.7 Å². The van der Waals surface area contributed by atoms with Gasteiger partial charge in [-0.15, -0.1) is 0 Å². The molecule has 1 aliphatic rings. The number of rotatable bonds is 4. The quantitative estimate of drug-likeness (QED) is 0.584. The number of anilines is 1. The summed E-state index contributed by atoms with van der Waals surface area (Å²) in [5.74, 6) is -0.552. The van der Waals surface area contributed by atoms with Crippen molar-refractivity contribution < 1.29 is 24.2 Å². The summed E-state index contributed by atoms with van der Waals surface area (Å²) < 4.78 is 12.8. The van der Waals surface area contributed by atoms with E-state index in [4.69, 9.17) is 9.47 Å². The number of aliphatic hydroxyl groups excluding tert-OH is 1. The van der Waals surface area contributed by atoms with Gasteiger partial charge in [-0.05, 0) is 18.2 Å². The molecule has 1 aromatic heterocycles. The van der Waals surface area contributed by atoms with Crippen molar-refractivity contribution in [1.29, 1.82) is 0 Å². The highest BCUT2D eigenvalue weighted by Crippen LogP contribution is 2.32. The first-order valence-corrected chi connectivity index (χ1v) is 9.24. The average Bonchev–Trinajstić information content (AvgIpc) is 3.08. The van der Waals surface area contributed by atoms with Crippen LogP contribution in [0.3, 0.4) is 0 Å². The number of aryl methyl sites for hydroxylation is 1. The molecule has 2 heterocycles. The Hall–Kier alpha value is -3.52. The van der Waals surface area contributed by atoms with Crippen LogP contribution in [-0.2, 0) is 16.6 Å². The van der Waals surface area contributed by atoms with Crippen molar-refractivity contribution in [2.75, 3.05) is 25.1 Å². The fraction of sp³-hybridized carbons (Fsp3) is 0.238. The smallest absolute Gasteiger partial charge is 0.313 e. The Kier molecular flexibility index (Phi) is 5.09. The summed E-state index contributed by atoms with van der Waals surface area (Å²) in [6.45, 7) is 0.818. The number of ether oxygens (including phenoxy) is 2. The fourth-order valence-corrected chi connectivity index (χ4v) is 3.33. The van der Waals surface area contributed by atoms with Crippen molar-refractivity contribution in [2.45, 2.75) is 6.10 Å². The SMILES string of the molecule is Cn1cc(C(O)CNC(=O)C(=O)Nc2ccc3c(c2)OCCO3)c2ccccc21. The van der Waals surface area contributed by atoms with Crippen LogP contribution in [0.1, 0.15) is 11.7 Å². The van der Waals surface area contributed by atoms with Crippen molar-refractivity contribution in [3.05, 3.63) is 54.2 Å². The molecule has 29 heavy (non-hydrogen) atoms. The van der Waals surface area contributed by atoms with Crippen molar-refractivity contribution >= 4 is 28.4 Å². The molecule has 1 unspecified atom stereocenters. The minimum absolute atomic E-state index is 0.0819. The highest BCUT2D eigenvalue weighted by atomic mass is 16.6. The van der Waals surface area contributed by atoms with Gasteiger partial charge in [0, 0.05) is 48.0 Å². The molecule has 2 amide bonds. The number of aromatic nitrogens is 1. The van der Waals surface area contributed by atoms with Crippen LogP contribution in [-0.4, -0.2) is 41.2 Å². The van der Waals surface area contributed by atoms with Crippen LogP contribution in [0.5, 0.6) is 11.5 Å². The summed E-state index contributed by atoms with van der Waals surface area (Å²) in [5, 5.41) is 16.4. The van der Waals surface area contributed by atoms with Crippen LogP contribution in [0.4, 0.5) is 5.69 Å². The van der Waals surface area contributed by atoms with Gasteiger partial charge in [0.25, 0.3) is 0 Å². The van der Waals surface area contributed by atoms with E-state index < -0.39 is 17.9 Å². The van der Waals surface area contributed by atoms with Crippen molar-refractivity contribution in [2.24, 2.45) is 7.05 Å². The molecule has 3 N–H and O–H groups in total. The van der Waals surface area contributed by atoms with Gasteiger partial charge in [-0.25, -0.2) is 0 Å². The van der Waals surface area contributed by atoms with Crippen LogP contribution in [0, 0.1) is 0 Å². The van der Waals surface area contributed by atoms with E-state index in [1.54, 1.807) is 18.2 Å². The Morgan fingerprint density at radius 1 is 1.10 bits per heavy atom. The van der Waals surface area contributed by atoms with Crippen LogP contribution in [0.25, 0.3) is 10.9 Å². The molecule has 0 saturated carbocycles. The molecule has 1 atom stereocenters. The molecular weight excluding hydrogens is 374 g/mol. The minimum atomic E-state index is -0.938. The first kappa shape index (κ1) is 18.8. The molecule has 2 aromatic carbocycles. The van der Waals surface area contributed by atoms with Gasteiger partial charge in [-0.3, -0.25) is 9.59 Å². The number of fused-ring (bicyclic) bond motifs is 2. The third-order valence-corrected chi connectivity index (χ3v) is 4.75. The summed E-state index contributed by atoms with van der Waals surface area (Å²) >= 11 is 0. The third kappa shape index (κ3) is 3.88. The largest absolute Gasteiger partial charge is 0.486 e. The van der Waals surface area contributed by atoms with E-state index in [9.17, 15) is 14.7 Å². The Labute approximate surface area is 167 Å². The summed E-state index contributed by atoms with van der Waals surface area (Å²) in [6.07, 6.45) is 0.878. The normalized spacial score (nSPS) is 13.7. The summed E-state index contributed by atoms with van der Waals surface area (Å²) in [4.78, 5) is 24.3. The highest BCUT2D eigenvalue weighted by Gasteiger charge is 2.19. The lowest BCUT2D eigenvalue weighted by molar-refractivity contribution is -0.136. The number of carbonyl (C=O) groups excluding carboxylic acids is 2. The molecule has 1 aliphatic heterocycles. The van der Waals surface area contributed by atoms with E-state index in [2.05, 4.69) is 10.6 Å². The molecule has 150 valence electrons. The molecule has 0 fully saturated rings. The number of para-hydroxylation sites is 1. The second kappa shape index (κ2) is 7.84. The molecule has 0 bridgehead atoms. The Bertz CT molecular complexity index is 1080. The molecule has 8 nitrogen and oxygen atoms in total. The molecule has 4 rings (SSSR count). The predicted octanol–water partition coefficient (Wildman–Crippen LogP) is 1.74. The maximum absolute atomic E-state index is 12.2. The fourth-order valence-electron chi connectivity index (χ4n) is 3.33. The number of amides is 2. The number of nitrogens with zero attached hydrogens (tertiary/aromatic N) is 1. The second-order valence-electron chi connectivity index (χ2n) is 6.75. The Morgan fingerprint density at radius 2 is 1.86 bits per heavy atom. The van der Waals surface area contributed by atoms with E-state index in [1.165, 1.54) is 0 Å². The van der Waals surface area contributed by atoms with E-state index in [-0.39, 0.29) is 6.54 Å². The summed E-state index contributed by atoms with van der Waals surface area (Å²) in [6, 6.07) is 12.6. The number of benzene rings is 2. The second-order valence-corrected chi connectivity index (χ2v) is 6.75. The van der Waals surface area contributed by atoms with E-state index in [0.717, 1.165) is 10.9 Å². The average molecular weight is 395 g/mol. The van der Waals surface area contributed by atoms with Gasteiger partial charge in [-0.2, -0.15) is 0 Å². The number of hydrogen-bond donors (Lipinski definition) is 3. The molecule has 0 saturated heterocycles. The van der Waals surface area contributed by atoms with Gasteiger partial charge in [0.2, 0.25) is 0 Å². The van der Waals surface area contributed by atoms with Crippen molar-refractivity contribution in [3.63, 3.8) is 0 Å². The van der Waals surface area contributed by atoms with E-state index in [0.29, 0.717) is 36.0 Å². The number of aliphatic hydroxyl groups is 1. The molecule has 0 aliphatic carbocycles. The van der Waals surface area contributed by atoms with Gasteiger partial charge >= 0.3 is 11.8 Å². The number of nitrogens with one attached hydrogen (secondary N) is 2. The zero-order valence-corrected chi connectivity index (χ0v) is 15.8. The minimum Gasteiger partial charge on any atom is -0.486 e. The zero-order valence-electron chi connectivity index (χ0n) is 15.8. The van der Waals surface area contributed by atoms with E-state index in [1.807, 2.05) is 42.1 Å². The van der Waals surface area contributed by atoms with Gasteiger partial charge in [0.1, 0.15) is 13.2 Å². The van der Waals surface area contributed by atoms with Gasteiger partial charge < -0.3 is 29.8 Å². The van der Waals surface area contributed by atoms with Crippen LogP contribution >= 0.6 is 0 Å². The van der Waals surface area contributed by atoms with Gasteiger partial charge in [0.05, 0.1) is 6.10 Å². The maximum Gasteiger partial charge on any atom is 0.313 e. The zero-order chi connectivity index (χ0) is 20.4. The monoisotopic (exact) mass is 395 g/mol. The molecule has 8 heteroatoms. The Morgan fingerprint density at radius 3 is 2.69 bits per heavy atom. The molecule has 0 spiro atoms. The number of hydrogen-bond acceptors (Lipinski definition) is 5. The van der Waals surface area contributed by atoms with Gasteiger partial charge in [-0.1, -0.05) is 18.2 Å². The van der Waals surface area contributed by atoms with Crippen molar-refractivity contribution in [3.8, 4) is 11.5 Å². The third-order valence-electron chi connectivity index (χ3n) is 4.75. The highest BCUT2D eigenvalue weighted by molar-refractivity contribution is 6.39. The first-order chi connectivity index (χ1) is 14.0. The van der Waals surface area contributed by atoms with Crippen LogP contribution < -0.4 is 20.1 Å². The molecule has 3 aromatic rings. The van der Waals surface area contributed by atoms with E-state index >= 15 is 0 Å². The van der Waals surface area contributed by atoms with Crippen molar-refractivity contribution in [1.82, 2.24) is 9.88 Å². The lowest BCUT2D eigenvalue weighted by Gasteiger charge is -2.19. The summed E-state index contributed by atoms with van der Waals surface area (Å²) in [7, 11) is 1.89. The summed E-state index contributed by atoms with van der Waals surface area (Å²) in [5.41, 5.74) is 2.09. The molecule has 0 radical (unpaired) electrons. The lowest BCUT2D eigenvalue weighted by atomic mass is 10.1. The first-order valence-electron chi connectivity index (χ1n) is 9.24. The molecular formula is C21H21N3O5. The maximum atomic E-state index is 12.2. The Balaban J connectivity index is 1.37. The lowest BCUT2D eigenvalue weighted by Crippen LogP contribution is -2.37. The number of carbonyl (C=O) groups is 2.